The number of anilines is 1. The molecule has 3 rings (SSSR count). The fourth-order valence-electron chi connectivity index (χ4n) is 3.35. The zero-order chi connectivity index (χ0) is 19.2. The molecular weight excluding hydrogens is 342 g/mol. The Morgan fingerprint density at radius 1 is 1.11 bits per heavy atom. The van der Waals surface area contributed by atoms with Crippen molar-refractivity contribution in [1.82, 2.24) is 9.80 Å². The first-order valence-electron chi connectivity index (χ1n) is 9.18. The van der Waals surface area contributed by atoms with Gasteiger partial charge in [-0.15, -0.1) is 0 Å². The van der Waals surface area contributed by atoms with Crippen LogP contribution in [0, 0.1) is 0 Å². The number of aromatic hydroxyl groups is 1. The average Bonchev–Trinajstić information content (AvgIpc) is 2.68. The molecule has 1 amide bonds. The molecule has 0 saturated carbocycles. The van der Waals surface area contributed by atoms with Crippen LogP contribution in [-0.2, 0) is 11.3 Å². The van der Waals surface area contributed by atoms with E-state index in [0.717, 1.165) is 30.1 Å². The maximum absolute atomic E-state index is 12.6. The van der Waals surface area contributed by atoms with Crippen molar-refractivity contribution in [2.75, 3.05) is 51.8 Å². The number of nitrogens with zero attached hydrogens (tertiary/aromatic N) is 3. The first-order valence-corrected chi connectivity index (χ1v) is 9.18. The zero-order valence-electron chi connectivity index (χ0n) is 16.0. The molecule has 2 aromatic carbocycles. The summed E-state index contributed by atoms with van der Waals surface area (Å²) in [5.41, 5.74) is 2.21. The topological polar surface area (TPSA) is 56.2 Å². The molecule has 1 fully saturated rings. The Labute approximate surface area is 160 Å². The lowest BCUT2D eigenvalue weighted by Crippen LogP contribution is -2.51. The van der Waals surface area contributed by atoms with Crippen LogP contribution in [0.4, 0.5) is 5.69 Å². The monoisotopic (exact) mass is 369 g/mol. The largest absolute Gasteiger partial charge is 0.508 e. The van der Waals surface area contributed by atoms with Crippen LogP contribution in [0.3, 0.4) is 0 Å². The number of piperazine rings is 1. The van der Waals surface area contributed by atoms with E-state index >= 15 is 0 Å². The molecule has 1 aliphatic heterocycles. The quantitative estimate of drug-likeness (QED) is 0.846. The number of ether oxygens (including phenoxy) is 1. The van der Waals surface area contributed by atoms with Gasteiger partial charge < -0.3 is 19.6 Å². The first-order chi connectivity index (χ1) is 13.0. The van der Waals surface area contributed by atoms with Gasteiger partial charge in [0.25, 0.3) is 0 Å². The third kappa shape index (κ3) is 5.14. The molecule has 0 spiro atoms. The summed E-state index contributed by atoms with van der Waals surface area (Å²) < 4.78 is 5.25. The Hall–Kier alpha value is -2.73. The molecule has 6 nitrogen and oxygen atoms in total. The normalized spacial score (nSPS) is 14.5. The lowest BCUT2D eigenvalue weighted by molar-refractivity contribution is -0.132. The average molecular weight is 369 g/mol. The second kappa shape index (κ2) is 8.77. The fraction of sp³-hybridized carbons (Fsp3) is 0.381. The molecule has 0 aliphatic carbocycles. The maximum Gasteiger partial charge on any atom is 0.236 e. The number of benzene rings is 2. The van der Waals surface area contributed by atoms with Crippen LogP contribution < -0.4 is 9.64 Å². The summed E-state index contributed by atoms with van der Waals surface area (Å²) >= 11 is 0. The number of phenols is 1. The Morgan fingerprint density at radius 3 is 2.48 bits per heavy atom. The van der Waals surface area contributed by atoms with E-state index < -0.39 is 0 Å². The number of methoxy groups -OCH3 is 1. The van der Waals surface area contributed by atoms with Gasteiger partial charge in [-0.05, 0) is 49.0 Å². The summed E-state index contributed by atoms with van der Waals surface area (Å²) in [6.07, 6.45) is 0. The highest BCUT2D eigenvalue weighted by Gasteiger charge is 2.22. The smallest absolute Gasteiger partial charge is 0.236 e. The van der Waals surface area contributed by atoms with Crippen molar-refractivity contribution in [1.29, 1.82) is 0 Å². The van der Waals surface area contributed by atoms with Crippen molar-refractivity contribution in [3.05, 3.63) is 54.1 Å². The SMILES string of the molecule is COc1cccc(CN(C)CC(=O)N2CCN(c3ccc(O)cc3)CC2)c1. The summed E-state index contributed by atoms with van der Waals surface area (Å²) in [6.45, 7) is 4.14. The molecule has 1 saturated heterocycles. The van der Waals surface area contributed by atoms with Gasteiger partial charge in [-0.2, -0.15) is 0 Å². The van der Waals surface area contributed by atoms with E-state index in [9.17, 15) is 9.90 Å². The van der Waals surface area contributed by atoms with Crippen molar-refractivity contribution in [3.63, 3.8) is 0 Å². The number of likely N-dealkylation sites (N-methyl/N-ethyl adjacent to an activating group) is 1. The maximum atomic E-state index is 12.6. The molecular formula is C21H27N3O3. The Morgan fingerprint density at radius 2 is 1.81 bits per heavy atom. The number of carbonyl (C=O) groups excluding carboxylic acids is 1. The van der Waals surface area contributed by atoms with Crippen molar-refractivity contribution in [2.45, 2.75) is 6.54 Å². The molecule has 0 atom stereocenters. The molecule has 6 heteroatoms. The summed E-state index contributed by atoms with van der Waals surface area (Å²) in [4.78, 5) is 18.8. The number of hydrogen-bond acceptors (Lipinski definition) is 5. The standard InChI is InChI=1S/C21H27N3O3/c1-22(15-17-4-3-5-20(14-17)27-2)16-21(26)24-12-10-23(11-13-24)18-6-8-19(25)9-7-18/h3-9,14,25H,10-13,15-16H2,1-2H3. The van der Waals surface area contributed by atoms with Gasteiger partial charge in [0.2, 0.25) is 5.91 Å². The van der Waals surface area contributed by atoms with Gasteiger partial charge in [-0.25, -0.2) is 0 Å². The van der Waals surface area contributed by atoms with Crippen LogP contribution >= 0.6 is 0 Å². The van der Waals surface area contributed by atoms with Gasteiger partial charge in [-0.3, -0.25) is 9.69 Å². The Kier molecular flexibility index (Phi) is 6.19. The van der Waals surface area contributed by atoms with E-state index in [4.69, 9.17) is 4.74 Å². The van der Waals surface area contributed by atoms with Crippen LogP contribution in [-0.4, -0.2) is 67.7 Å². The van der Waals surface area contributed by atoms with Crippen molar-refractivity contribution < 1.29 is 14.6 Å². The third-order valence-corrected chi connectivity index (χ3v) is 4.84. The molecule has 2 aromatic rings. The van der Waals surface area contributed by atoms with Crippen LogP contribution in [0.2, 0.25) is 0 Å². The van der Waals surface area contributed by atoms with Crippen molar-refractivity contribution in [2.24, 2.45) is 0 Å². The minimum Gasteiger partial charge on any atom is -0.508 e. The predicted molar refractivity (Wildman–Crippen MR) is 106 cm³/mol. The summed E-state index contributed by atoms with van der Waals surface area (Å²) in [5.74, 6) is 1.26. The van der Waals surface area contributed by atoms with E-state index in [1.165, 1.54) is 0 Å². The lowest BCUT2D eigenvalue weighted by atomic mass is 10.2. The van der Waals surface area contributed by atoms with Crippen molar-refractivity contribution in [3.8, 4) is 11.5 Å². The molecule has 0 unspecified atom stereocenters. The third-order valence-electron chi connectivity index (χ3n) is 4.84. The second-order valence-corrected chi connectivity index (χ2v) is 6.91. The van der Waals surface area contributed by atoms with Gasteiger partial charge in [0.05, 0.1) is 13.7 Å². The summed E-state index contributed by atoms with van der Waals surface area (Å²) in [5, 5.41) is 9.41. The van der Waals surface area contributed by atoms with E-state index in [0.29, 0.717) is 26.2 Å². The van der Waals surface area contributed by atoms with E-state index in [-0.39, 0.29) is 11.7 Å². The first kappa shape index (κ1) is 19.0. The lowest BCUT2D eigenvalue weighted by Gasteiger charge is -2.36. The Balaban J connectivity index is 1.48. The van der Waals surface area contributed by atoms with Gasteiger partial charge in [0.15, 0.2) is 0 Å². The summed E-state index contributed by atoms with van der Waals surface area (Å²) in [6, 6.07) is 15.1. The van der Waals surface area contributed by atoms with Crippen LogP contribution in [0.25, 0.3) is 0 Å². The minimum absolute atomic E-state index is 0.158. The molecule has 27 heavy (non-hydrogen) atoms. The number of phenolic OH excluding ortho intramolecular Hbond substituents is 1. The highest BCUT2D eigenvalue weighted by molar-refractivity contribution is 5.78. The van der Waals surface area contributed by atoms with Crippen molar-refractivity contribution >= 4 is 11.6 Å². The van der Waals surface area contributed by atoms with Crippen LogP contribution in [0.1, 0.15) is 5.56 Å². The number of hydrogen-bond donors (Lipinski definition) is 1. The molecule has 1 N–H and O–H groups in total. The summed E-state index contributed by atoms with van der Waals surface area (Å²) in [7, 11) is 3.62. The molecule has 1 heterocycles. The molecule has 144 valence electrons. The zero-order valence-corrected chi connectivity index (χ0v) is 16.0. The number of amides is 1. The van der Waals surface area contributed by atoms with Gasteiger partial charge in [0, 0.05) is 38.4 Å². The second-order valence-electron chi connectivity index (χ2n) is 6.91. The van der Waals surface area contributed by atoms with Crippen LogP contribution in [0.5, 0.6) is 11.5 Å². The van der Waals surface area contributed by atoms with E-state index in [1.54, 1.807) is 19.2 Å². The van der Waals surface area contributed by atoms with E-state index in [1.807, 2.05) is 53.2 Å². The van der Waals surface area contributed by atoms with Crippen LogP contribution in [0.15, 0.2) is 48.5 Å². The van der Waals surface area contributed by atoms with Gasteiger partial charge >= 0.3 is 0 Å². The molecule has 0 bridgehead atoms. The van der Waals surface area contributed by atoms with Gasteiger partial charge in [-0.1, -0.05) is 12.1 Å². The molecule has 0 radical (unpaired) electrons. The Bertz CT molecular complexity index is 756. The molecule has 1 aliphatic rings. The number of carbonyl (C=O) groups is 1. The highest BCUT2D eigenvalue weighted by Crippen LogP contribution is 2.20. The predicted octanol–water partition coefficient (Wildman–Crippen LogP) is 2.18. The molecule has 0 aromatic heterocycles. The number of rotatable bonds is 6. The fourth-order valence-corrected chi connectivity index (χ4v) is 3.35. The van der Waals surface area contributed by atoms with E-state index in [2.05, 4.69) is 4.90 Å². The highest BCUT2D eigenvalue weighted by atomic mass is 16.5. The van der Waals surface area contributed by atoms with Gasteiger partial charge in [0.1, 0.15) is 11.5 Å². The minimum atomic E-state index is 0.158.